The number of nitrogens with two attached hydrogens (primary N) is 1. The lowest BCUT2D eigenvalue weighted by molar-refractivity contribution is 0.0238. The molecule has 1 aliphatic rings. The minimum absolute atomic E-state index is 0.0129. The fraction of sp³-hybridized carbons (Fsp3) is 0.467. The third kappa shape index (κ3) is 3.95. The van der Waals surface area contributed by atoms with Gasteiger partial charge in [-0.05, 0) is 30.4 Å². The summed E-state index contributed by atoms with van der Waals surface area (Å²) in [5.41, 5.74) is 6.62. The molecule has 114 valence electrons. The molecule has 0 unspecified atom stereocenters. The first kappa shape index (κ1) is 15.3. The zero-order chi connectivity index (χ0) is 15.3. The highest BCUT2D eigenvalue weighted by Gasteiger charge is 2.27. The predicted molar refractivity (Wildman–Crippen MR) is 79.4 cm³/mol. The van der Waals surface area contributed by atoms with Gasteiger partial charge in [0.1, 0.15) is 0 Å². The lowest BCUT2D eigenvalue weighted by Gasteiger charge is -2.33. The van der Waals surface area contributed by atoms with Gasteiger partial charge in [-0.25, -0.2) is 0 Å². The molecule has 0 spiro atoms. The van der Waals surface area contributed by atoms with Gasteiger partial charge in [-0.1, -0.05) is 24.2 Å². The van der Waals surface area contributed by atoms with Crippen LogP contribution in [0.25, 0.3) is 0 Å². The molecule has 0 radical (unpaired) electrons. The van der Waals surface area contributed by atoms with Crippen LogP contribution in [0, 0.1) is 5.41 Å². The largest absolute Gasteiger partial charge is 0.409 e. The summed E-state index contributed by atoms with van der Waals surface area (Å²) in [6.07, 6.45) is 1.88. The van der Waals surface area contributed by atoms with E-state index in [0.29, 0.717) is 17.7 Å². The Kier molecular flexibility index (Phi) is 4.80. The molecule has 0 aromatic heterocycles. The minimum atomic E-state index is -0.157. The first-order chi connectivity index (χ1) is 10.0. The van der Waals surface area contributed by atoms with Crippen LogP contribution < -0.4 is 11.1 Å². The number of carbonyl (C=O) groups excluding carboxylic acids is 1. The van der Waals surface area contributed by atoms with Crippen molar-refractivity contribution in [3.8, 4) is 0 Å². The van der Waals surface area contributed by atoms with Crippen LogP contribution in [-0.4, -0.2) is 36.7 Å². The fourth-order valence-electron chi connectivity index (χ4n) is 2.31. The highest BCUT2D eigenvalue weighted by Crippen LogP contribution is 2.28. The van der Waals surface area contributed by atoms with Crippen molar-refractivity contribution in [1.82, 2.24) is 5.32 Å². The summed E-state index contributed by atoms with van der Waals surface area (Å²) in [6.45, 7) is 4.25. The van der Waals surface area contributed by atoms with Gasteiger partial charge in [0, 0.05) is 30.9 Å². The van der Waals surface area contributed by atoms with Gasteiger partial charge in [0.15, 0.2) is 5.84 Å². The van der Waals surface area contributed by atoms with Crippen molar-refractivity contribution in [2.24, 2.45) is 16.3 Å². The number of amidine groups is 1. The third-order valence-corrected chi connectivity index (χ3v) is 3.90. The van der Waals surface area contributed by atoms with Crippen LogP contribution in [0.5, 0.6) is 0 Å². The van der Waals surface area contributed by atoms with Crippen LogP contribution in [0.4, 0.5) is 0 Å². The lowest BCUT2D eigenvalue weighted by atomic mass is 9.82. The minimum Gasteiger partial charge on any atom is -0.409 e. The topological polar surface area (TPSA) is 96.9 Å². The van der Waals surface area contributed by atoms with Gasteiger partial charge >= 0.3 is 0 Å². The molecule has 1 saturated heterocycles. The Morgan fingerprint density at radius 1 is 1.43 bits per heavy atom. The van der Waals surface area contributed by atoms with Crippen LogP contribution in [0.15, 0.2) is 29.4 Å². The average Bonchev–Trinajstić information content (AvgIpc) is 2.52. The molecule has 6 nitrogen and oxygen atoms in total. The molecule has 0 saturated carbocycles. The zero-order valence-electron chi connectivity index (χ0n) is 12.1. The van der Waals surface area contributed by atoms with Crippen molar-refractivity contribution in [3.05, 3.63) is 35.4 Å². The number of nitrogens with one attached hydrogen (secondary N) is 1. The quantitative estimate of drug-likeness (QED) is 0.337. The molecule has 1 aromatic rings. The summed E-state index contributed by atoms with van der Waals surface area (Å²) in [4.78, 5) is 12.2. The van der Waals surface area contributed by atoms with Gasteiger partial charge < -0.3 is 21.0 Å². The number of rotatable bonds is 4. The summed E-state index contributed by atoms with van der Waals surface area (Å²) < 4.78 is 5.35. The maximum absolute atomic E-state index is 12.2. The van der Waals surface area contributed by atoms with Gasteiger partial charge in [0.05, 0.1) is 0 Å². The molecular formula is C15H21N3O3. The second kappa shape index (κ2) is 6.58. The Balaban J connectivity index is 2.00. The zero-order valence-corrected chi connectivity index (χ0v) is 12.1. The van der Waals surface area contributed by atoms with Crippen molar-refractivity contribution in [3.63, 3.8) is 0 Å². The van der Waals surface area contributed by atoms with Gasteiger partial charge in [0.2, 0.25) is 0 Å². The maximum atomic E-state index is 12.2. The summed E-state index contributed by atoms with van der Waals surface area (Å²) in [6, 6.07) is 6.70. The van der Waals surface area contributed by atoms with Crippen molar-refractivity contribution >= 4 is 11.7 Å². The Hall–Kier alpha value is -2.08. The Labute approximate surface area is 124 Å². The monoisotopic (exact) mass is 291 g/mol. The molecule has 1 heterocycles. The molecule has 0 atom stereocenters. The molecule has 6 heteroatoms. The van der Waals surface area contributed by atoms with Crippen LogP contribution in [0.1, 0.15) is 35.7 Å². The number of benzene rings is 1. The van der Waals surface area contributed by atoms with Crippen LogP contribution in [-0.2, 0) is 4.74 Å². The van der Waals surface area contributed by atoms with Crippen LogP contribution in [0.3, 0.4) is 0 Å². The molecule has 0 bridgehead atoms. The Morgan fingerprint density at radius 2 is 2.10 bits per heavy atom. The number of nitrogens with zero attached hydrogens (tertiary/aromatic N) is 1. The van der Waals surface area contributed by atoms with E-state index in [2.05, 4.69) is 17.4 Å². The van der Waals surface area contributed by atoms with E-state index >= 15 is 0 Å². The number of hydrogen-bond donors (Lipinski definition) is 3. The highest BCUT2D eigenvalue weighted by molar-refractivity contribution is 6.01. The van der Waals surface area contributed by atoms with Gasteiger partial charge in [0.25, 0.3) is 5.91 Å². The number of amides is 1. The van der Waals surface area contributed by atoms with Crippen molar-refractivity contribution in [2.45, 2.75) is 19.8 Å². The molecule has 21 heavy (non-hydrogen) atoms. The molecule has 1 amide bonds. The normalized spacial score (nSPS) is 18.2. The van der Waals surface area contributed by atoms with E-state index in [1.807, 2.05) is 0 Å². The fourth-order valence-corrected chi connectivity index (χ4v) is 2.31. The summed E-state index contributed by atoms with van der Waals surface area (Å²) >= 11 is 0. The van der Waals surface area contributed by atoms with Gasteiger partial charge in [-0.2, -0.15) is 0 Å². The van der Waals surface area contributed by atoms with Crippen LogP contribution in [0.2, 0.25) is 0 Å². The molecule has 1 aliphatic heterocycles. The van der Waals surface area contributed by atoms with E-state index in [1.54, 1.807) is 24.3 Å². The summed E-state index contributed by atoms with van der Waals surface area (Å²) in [5.74, 6) is -0.170. The van der Waals surface area contributed by atoms with Crippen molar-refractivity contribution in [1.29, 1.82) is 0 Å². The number of ether oxygens (including phenoxy) is 1. The highest BCUT2D eigenvalue weighted by atomic mass is 16.5. The average molecular weight is 291 g/mol. The number of carbonyl (C=O) groups is 1. The van der Waals surface area contributed by atoms with E-state index < -0.39 is 0 Å². The maximum Gasteiger partial charge on any atom is 0.251 e. The van der Waals surface area contributed by atoms with E-state index in [4.69, 9.17) is 15.7 Å². The second-order valence-corrected chi connectivity index (χ2v) is 5.67. The molecule has 0 aliphatic carbocycles. The Morgan fingerprint density at radius 3 is 2.76 bits per heavy atom. The van der Waals surface area contributed by atoms with E-state index in [-0.39, 0.29) is 17.2 Å². The molecular weight excluding hydrogens is 270 g/mol. The lowest BCUT2D eigenvalue weighted by Crippen LogP contribution is -2.39. The van der Waals surface area contributed by atoms with E-state index in [9.17, 15) is 4.79 Å². The first-order valence-electron chi connectivity index (χ1n) is 6.98. The molecule has 1 aromatic carbocycles. The predicted octanol–water partition coefficient (Wildman–Crippen LogP) is 1.33. The molecule has 1 fully saturated rings. The number of oxime groups is 1. The second-order valence-electron chi connectivity index (χ2n) is 5.67. The smallest absolute Gasteiger partial charge is 0.251 e. The van der Waals surface area contributed by atoms with Crippen LogP contribution >= 0.6 is 0 Å². The van der Waals surface area contributed by atoms with Gasteiger partial charge in [-0.3, -0.25) is 4.79 Å². The SMILES string of the molecule is CC1(CNC(=O)c2cccc(/C(N)=N/O)c2)CCOCC1. The third-order valence-electron chi connectivity index (χ3n) is 3.90. The molecule has 2 rings (SSSR count). The standard InChI is InChI=1S/C15H21N3O3/c1-15(5-7-21-8-6-15)10-17-14(19)12-4-2-3-11(9-12)13(16)18-20/h2-4,9,20H,5-8,10H2,1H3,(H2,16,18)(H,17,19). The Bertz CT molecular complexity index is 537. The van der Waals surface area contributed by atoms with E-state index in [0.717, 1.165) is 26.1 Å². The molecule has 4 N–H and O–H groups in total. The van der Waals surface area contributed by atoms with Crippen molar-refractivity contribution < 1.29 is 14.7 Å². The first-order valence-corrected chi connectivity index (χ1v) is 6.98. The van der Waals surface area contributed by atoms with Gasteiger partial charge in [-0.15, -0.1) is 0 Å². The summed E-state index contributed by atoms with van der Waals surface area (Å²) in [7, 11) is 0. The number of hydrogen-bond acceptors (Lipinski definition) is 4. The van der Waals surface area contributed by atoms with E-state index in [1.165, 1.54) is 0 Å². The summed E-state index contributed by atoms with van der Waals surface area (Å²) in [5, 5.41) is 14.6. The van der Waals surface area contributed by atoms with Crippen molar-refractivity contribution in [2.75, 3.05) is 19.8 Å².